The van der Waals surface area contributed by atoms with E-state index in [1.54, 1.807) is 0 Å². The highest BCUT2D eigenvalue weighted by molar-refractivity contribution is 7.83. The first-order chi connectivity index (χ1) is 41.3. The smallest absolute Gasteiger partial charge is 0.446 e. The van der Waals surface area contributed by atoms with Crippen molar-refractivity contribution < 1.29 is 156 Å². The van der Waals surface area contributed by atoms with Gasteiger partial charge in [-0.3, -0.25) is 46.0 Å². The van der Waals surface area contributed by atoms with Gasteiger partial charge >= 0.3 is 83.2 Å². The molecule has 0 bridgehead atoms. The van der Waals surface area contributed by atoms with Gasteiger partial charge in [-0.05, 0) is 58.7 Å². The maximum atomic E-state index is 14.2. The Hall–Kier alpha value is -8.98. The molecular weight excluding hydrogens is 1390 g/mol. The van der Waals surface area contributed by atoms with Gasteiger partial charge in [0.15, 0.2) is 46.0 Å². The molecule has 6 aromatic carbocycles. The number of fused-ring (bicyclic) bond motifs is 2. The molecule has 0 aliphatic carbocycles. The zero-order valence-corrected chi connectivity index (χ0v) is 49.4. The van der Waals surface area contributed by atoms with E-state index in [0.717, 1.165) is 0 Å². The van der Waals surface area contributed by atoms with Crippen molar-refractivity contribution in [3.05, 3.63) is 141 Å². The molecule has 0 saturated heterocycles. The monoisotopic (exact) mass is 1420 g/mol. The van der Waals surface area contributed by atoms with Gasteiger partial charge in [0.1, 0.15) is 46.7 Å². The quantitative estimate of drug-likeness (QED) is 0.0379. The summed E-state index contributed by atoms with van der Waals surface area (Å²) in [7, 11) is -44.2. The highest BCUT2D eigenvalue weighted by atomic mass is 32.3. The molecule has 38 nitrogen and oxygen atoms in total. The average Bonchev–Trinajstić information content (AvgIpc) is 0.769. The summed E-state index contributed by atoms with van der Waals surface area (Å²) in [6.07, 6.45) is 0. The minimum absolute atomic E-state index is 0.264. The molecule has 8 rings (SSSR count). The molecule has 2 aromatic heterocycles. The van der Waals surface area contributed by atoms with Crippen LogP contribution in [0.4, 0.5) is 0 Å². The lowest BCUT2D eigenvalue weighted by atomic mass is 10.0. The van der Waals surface area contributed by atoms with Crippen molar-refractivity contribution in [1.82, 2.24) is 0 Å². The molecule has 0 aliphatic rings. The van der Waals surface area contributed by atoms with Crippen LogP contribution in [0.5, 0.6) is 57.5 Å². The van der Waals surface area contributed by atoms with Gasteiger partial charge in [0.2, 0.25) is 22.4 Å². The van der Waals surface area contributed by atoms with Crippen molar-refractivity contribution in [2.24, 2.45) is 0 Å². The lowest BCUT2D eigenvalue weighted by Crippen LogP contribution is -2.16. The van der Waals surface area contributed by atoms with Crippen LogP contribution in [0.3, 0.4) is 0 Å². The Balaban J connectivity index is 1.10. The SMILES string of the molecule is O=c1c(OS(=O)(=O)O)c(-c2ccc(OS(=O)(=O)O)c(OS(=O)(=O)O)c2)oc2cc(OS(=O)(=O)O)cc(OCc3ccc(-c4ccc(COc5cc(OS(=O)(=O)O)cc6oc(-c7ccc(OS(=O)(=O)O)c(OS(=O)(=O)O)c7)c(OS(=O)(=O)O)c(=O)c56)cc4)cc3)c12. The molecule has 482 valence electrons. The molecular formula is C44H30O38S8. The molecule has 46 heteroatoms. The number of hydrogen-bond acceptors (Lipinski definition) is 30. The van der Waals surface area contributed by atoms with E-state index in [9.17, 15) is 104 Å². The molecule has 90 heavy (non-hydrogen) atoms. The first-order valence-electron chi connectivity index (χ1n) is 22.7. The Morgan fingerprint density at radius 3 is 0.867 bits per heavy atom. The van der Waals surface area contributed by atoms with E-state index in [1.807, 2.05) is 0 Å². The predicted octanol–water partition coefficient (Wildman–Crippen LogP) is 3.51. The van der Waals surface area contributed by atoms with Crippen LogP contribution in [0, 0.1) is 0 Å². The van der Waals surface area contributed by atoms with Crippen LogP contribution in [0.1, 0.15) is 11.1 Å². The Bertz CT molecular complexity index is 4990. The summed E-state index contributed by atoms with van der Waals surface area (Å²) in [6, 6.07) is 17.8. The number of benzene rings is 6. The van der Waals surface area contributed by atoms with E-state index in [2.05, 4.69) is 33.5 Å². The van der Waals surface area contributed by atoms with Gasteiger partial charge < -0.3 is 51.8 Å². The van der Waals surface area contributed by atoms with Crippen LogP contribution in [-0.4, -0.2) is 104 Å². The van der Waals surface area contributed by atoms with E-state index in [0.29, 0.717) is 71.8 Å². The summed E-state index contributed by atoms with van der Waals surface area (Å²) in [5.74, 6) is -13.1. The zero-order chi connectivity index (χ0) is 66.5. The Morgan fingerprint density at radius 1 is 0.300 bits per heavy atom. The maximum Gasteiger partial charge on any atom is 0.446 e. The second-order valence-electron chi connectivity index (χ2n) is 17.2. The van der Waals surface area contributed by atoms with Crippen LogP contribution < -0.4 is 53.8 Å². The minimum Gasteiger partial charge on any atom is -0.488 e. The van der Waals surface area contributed by atoms with Crippen molar-refractivity contribution in [2.45, 2.75) is 13.2 Å². The molecule has 8 aromatic rings. The van der Waals surface area contributed by atoms with Gasteiger partial charge in [0.05, 0.1) is 0 Å². The Labute approximate surface area is 503 Å². The van der Waals surface area contributed by atoms with Gasteiger partial charge in [-0.2, -0.15) is 67.3 Å². The van der Waals surface area contributed by atoms with Gasteiger partial charge in [0.25, 0.3) is 0 Å². The summed E-state index contributed by atoms with van der Waals surface area (Å²) in [5, 5.41) is -1.60. The molecule has 8 N–H and O–H groups in total. The molecule has 0 fully saturated rings. The van der Waals surface area contributed by atoms with Crippen LogP contribution in [0.2, 0.25) is 0 Å². The molecule has 0 unspecified atom stereocenters. The van der Waals surface area contributed by atoms with Gasteiger partial charge in [-0.1, -0.05) is 48.5 Å². The minimum atomic E-state index is -5.71. The lowest BCUT2D eigenvalue weighted by Gasteiger charge is -2.15. The zero-order valence-electron chi connectivity index (χ0n) is 42.9. The maximum absolute atomic E-state index is 14.2. The molecule has 0 aliphatic heterocycles. The summed E-state index contributed by atoms with van der Waals surface area (Å²) in [5.41, 5.74) is -4.66. The normalized spacial score (nSPS) is 12.7. The number of ether oxygens (including phenoxy) is 2. The first kappa shape index (κ1) is 67.0. The van der Waals surface area contributed by atoms with Crippen LogP contribution in [0.15, 0.2) is 128 Å². The van der Waals surface area contributed by atoms with E-state index < -0.39 is 209 Å². The third-order valence-corrected chi connectivity index (χ3v) is 13.9. The van der Waals surface area contributed by atoms with Crippen LogP contribution in [0.25, 0.3) is 55.7 Å². The fourth-order valence-electron chi connectivity index (χ4n) is 7.72. The summed E-state index contributed by atoms with van der Waals surface area (Å²) in [4.78, 5) is 28.3. The van der Waals surface area contributed by atoms with Crippen molar-refractivity contribution in [3.63, 3.8) is 0 Å². The van der Waals surface area contributed by atoms with Crippen molar-refractivity contribution in [1.29, 1.82) is 0 Å². The van der Waals surface area contributed by atoms with Gasteiger partial charge in [-0.15, -0.1) is 0 Å². The second-order valence-corrected chi connectivity index (χ2v) is 25.3. The lowest BCUT2D eigenvalue weighted by molar-refractivity contribution is 0.307. The van der Waals surface area contributed by atoms with Crippen LogP contribution >= 0.6 is 0 Å². The third-order valence-electron chi connectivity index (χ3n) is 10.8. The topological polar surface area (TPSA) is 588 Å². The van der Waals surface area contributed by atoms with Crippen molar-refractivity contribution in [2.75, 3.05) is 0 Å². The van der Waals surface area contributed by atoms with Crippen LogP contribution in [-0.2, 0) is 96.4 Å². The summed E-state index contributed by atoms with van der Waals surface area (Å²) < 4.78 is 321. The largest absolute Gasteiger partial charge is 0.488 e. The average molecular weight is 1420 g/mol. The van der Waals surface area contributed by atoms with Gasteiger partial charge in [0, 0.05) is 35.4 Å². The molecule has 0 spiro atoms. The highest BCUT2D eigenvalue weighted by Crippen LogP contribution is 2.43. The number of rotatable bonds is 25. The highest BCUT2D eigenvalue weighted by Gasteiger charge is 2.31. The second kappa shape index (κ2) is 24.4. The molecule has 0 amide bonds. The van der Waals surface area contributed by atoms with Crippen molar-refractivity contribution >= 4 is 105 Å². The summed E-state index contributed by atoms with van der Waals surface area (Å²) in [6.45, 7) is -1.10. The van der Waals surface area contributed by atoms with Crippen molar-refractivity contribution in [3.8, 4) is 91.3 Å². The van der Waals surface area contributed by atoms with E-state index in [-0.39, 0.29) is 11.1 Å². The molecule has 0 saturated carbocycles. The third kappa shape index (κ3) is 18.1. The number of hydrogen-bond donors (Lipinski definition) is 8. The fraction of sp³-hybridized carbons (Fsp3) is 0.0455. The molecule has 2 heterocycles. The van der Waals surface area contributed by atoms with E-state index in [1.165, 1.54) is 48.5 Å². The Morgan fingerprint density at radius 2 is 0.578 bits per heavy atom. The predicted molar refractivity (Wildman–Crippen MR) is 294 cm³/mol. The summed E-state index contributed by atoms with van der Waals surface area (Å²) >= 11 is 0. The van der Waals surface area contributed by atoms with E-state index in [4.69, 9.17) is 27.4 Å². The van der Waals surface area contributed by atoms with Gasteiger partial charge in [-0.25, -0.2) is 0 Å². The standard InChI is InChI=1S/C44H30O38S8/c45-39-37-33(15-27(75-83(47,48)49)17-35(37)73-41(43(39)81-89(65,66)67)25-9-11-29(77-85(53,54)55)31(13-25)79-87(59,60)61)71-19-21-1-5-23(6-2-21)24-7-3-22(4-8-24)20-72-34-16-28(76-84(50,51)52)18-36-38(34)40(46)44(82-90(68,69)70)42(74-36)26-10-12-30(78-86(56,57)58)32(14-26)80-88(62,63)64/h1-18H,19-20H2,(H,47,48,49)(H,50,51,52)(H,53,54,55)(H,56,57,58)(H,59,60,61)(H,62,63,64)(H,65,66,67)(H,68,69,70). The fourth-order valence-corrected chi connectivity index (χ4v) is 10.6. The Kier molecular flexibility index (Phi) is 18.2. The van der Waals surface area contributed by atoms with E-state index >= 15 is 0 Å². The molecule has 0 atom stereocenters. The molecule has 0 radical (unpaired) electrons. The first-order valence-corrected chi connectivity index (χ1v) is 33.6.